The van der Waals surface area contributed by atoms with Crippen LogP contribution >= 0.6 is 0 Å². The summed E-state index contributed by atoms with van der Waals surface area (Å²) in [6, 6.07) is 8.64. The monoisotopic (exact) mass is 220 g/mol. The molecular formula is C10H8N2O4. The lowest BCUT2D eigenvalue weighted by atomic mass is 10.1. The average molecular weight is 220 g/mol. The molecule has 2 aromatic rings. The molecule has 0 spiro atoms. The minimum absolute atomic E-state index is 0.136. The van der Waals surface area contributed by atoms with Gasteiger partial charge in [-0.3, -0.25) is 0 Å². The second-order valence-electron chi connectivity index (χ2n) is 3.07. The second kappa shape index (κ2) is 4.11. The van der Waals surface area contributed by atoms with E-state index in [-0.39, 0.29) is 5.89 Å². The lowest BCUT2D eigenvalue weighted by Crippen LogP contribution is -2.02. The molecule has 0 radical (unpaired) electrons. The number of carbonyl (C=O) groups is 1. The summed E-state index contributed by atoms with van der Waals surface area (Å²) in [5.74, 6) is -1.90. The molecule has 6 nitrogen and oxygen atoms in total. The molecule has 0 amide bonds. The van der Waals surface area contributed by atoms with Crippen molar-refractivity contribution in [2.24, 2.45) is 0 Å². The first-order valence-corrected chi connectivity index (χ1v) is 4.48. The standard InChI is InChI=1S/C10H8N2O4/c13-7(6-4-2-1-3-5-6)9-11-8(10(14)15)12-16-9/h1-5,7,13H,(H,14,15). The maximum Gasteiger partial charge on any atom is 0.377 e. The molecule has 0 fully saturated rings. The smallest absolute Gasteiger partial charge is 0.377 e. The van der Waals surface area contributed by atoms with Gasteiger partial charge in [0, 0.05) is 0 Å². The molecule has 0 aliphatic rings. The van der Waals surface area contributed by atoms with E-state index in [1.165, 1.54) is 0 Å². The molecule has 1 unspecified atom stereocenters. The van der Waals surface area contributed by atoms with Crippen LogP contribution in [0.5, 0.6) is 0 Å². The van der Waals surface area contributed by atoms with E-state index in [1.807, 2.05) is 0 Å². The molecule has 0 saturated carbocycles. The Hall–Kier alpha value is -2.21. The predicted octanol–water partition coefficient (Wildman–Crippen LogP) is 0.849. The maximum absolute atomic E-state index is 10.5. The first kappa shape index (κ1) is 10.3. The van der Waals surface area contributed by atoms with Crippen LogP contribution in [-0.2, 0) is 0 Å². The first-order chi connectivity index (χ1) is 7.68. The summed E-state index contributed by atoms with van der Waals surface area (Å²) in [7, 11) is 0. The van der Waals surface area contributed by atoms with Crippen molar-refractivity contribution in [3.05, 3.63) is 47.6 Å². The fraction of sp³-hybridized carbons (Fsp3) is 0.100. The van der Waals surface area contributed by atoms with Crippen LogP contribution in [0.4, 0.5) is 0 Å². The number of aliphatic hydroxyl groups excluding tert-OH is 1. The fourth-order valence-corrected chi connectivity index (χ4v) is 1.21. The molecule has 6 heteroatoms. The Kier molecular flexibility index (Phi) is 2.65. The molecule has 0 aliphatic carbocycles. The quantitative estimate of drug-likeness (QED) is 0.795. The number of aromatic nitrogens is 2. The second-order valence-corrected chi connectivity index (χ2v) is 3.07. The zero-order chi connectivity index (χ0) is 11.5. The number of nitrogens with zero attached hydrogens (tertiary/aromatic N) is 2. The van der Waals surface area contributed by atoms with Gasteiger partial charge in [-0.05, 0) is 10.7 Å². The largest absolute Gasteiger partial charge is 0.475 e. The zero-order valence-corrected chi connectivity index (χ0v) is 8.07. The van der Waals surface area contributed by atoms with Gasteiger partial charge in [-0.15, -0.1) is 0 Å². The molecule has 82 valence electrons. The van der Waals surface area contributed by atoms with Crippen LogP contribution in [-0.4, -0.2) is 26.3 Å². The molecule has 2 N–H and O–H groups in total. The van der Waals surface area contributed by atoms with Crippen LogP contribution in [0, 0.1) is 0 Å². The molecule has 1 aromatic heterocycles. The fourth-order valence-electron chi connectivity index (χ4n) is 1.21. The Morgan fingerprint density at radius 3 is 2.56 bits per heavy atom. The Bertz CT molecular complexity index is 495. The Balaban J connectivity index is 2.27. The normalized spacial score (nSPS) is 12.3. The SMILES string of the molecule is O=C(O)c1noc(C(O)c2ccccc2)n1. The molecule has 0 bridgehead atoms. The minimum atomic E-state index is -1.30. The number of benzene rings is 1. The van der Waals surface area contributed by atoms with Crippen LogP contribution in [0.3, 0.4) is 0 Å². The van der Waals surface area contributed by atoms with Crippen LogP contribution in [0.2, 0.25) is 0 Å². The van der Waals surface area contributed by atoms with Gasteiger partial charge in [0.05, 0.1) is 0 Å². The summed E-state index contributed by atoms with van der Waals surface area (Å²) in [6.45, 7) is 0. The third kappa shape index (κ3) is 1.91. The van der Waals surface area contributed by atoms with Gasteiger partial charge in [0.15, 0.2) is 6.10 Å². The van der Waals surface area contributed by atoms with Crippen LogP contribution in [0.1, 0.15) is 28.2 Å². The zero-order valence-electron chi connectivity index (χ0n) is 8.07. The van der Waals surface area contributed by atoms with E-state index in [1.54, 1.807) is 30.3 Å². The molecule has 1 heterocycles. The number of carboxylic acids is 1. The van der Waals surface area contributed by atoms with Gasteiger partial charge in [0.1, 0.15) is 0 Å². The van der Waals surface area contributed by atoms with Crippen molar-refractivity contribution in [3.8, 4) is 0 Å². The topological polar surface area (TPSA) is 96.5 Å². The molecule has 16 heavy (non-hydrogen) atoms. The Labute approximate surface area is 90.2 Å². The van der Waals surface area contributed by atoms with Gasteiger partial charge >= 0.3 is 5.97 Å². The summed E-state index contributed by atoms with van der Waals surface area (Å²) in [4.78, 5) is 14.1. The van der Waals surface area contributed by atoms with Crippen molar-refractivity contribution in [1.82, 2.24) is 10.1 Å². The molecule has 1 aromatic carbocycles. The van der Waals surface area contributed by atoms with Crippen LogP contribution in [0.15, 0.2) is 34.9 Å². The summed E-state index contributed by atoms with van der Waals surface area (Å²) in [6.07, 6.45) is -1.11. The first-order valence-electron chi connectivity index (χ1n) is 4.48. The predicted molar refractivity (Wildman–Crippen MR) is 51.8 cm³/mol. The van der Waals surface area contributed by atoms with Crippen molar-refractivity contribution in [2.45, 2.75) is 6.10 Å². The van der Waals surface area contributed by atoms with Crippen LogP contribution in [0.25, 0.3) is 0 Å². The van der Waals surface area contributed by atoms with Gasteiger partial charge in [-0.2, -0.15) is 4.98 Å². The Morgan fingerprint density at radius 2 is 2.00 bits per heavy atom. The summed E-state index contributed by atoms with van der Waals surface area (Å²) < 4.78 is 4.65. The number of hydrogen-bond donors (Lipinski definition) is 2. The molecular weight excluding hydrogens is 212 g/mol. The molecule has 0 saturated heterocycles. The highest BCUT2D eigenvalue weighted by molar-refractivity contribution is 5.82. The van der Waals surface area contributed by atoms with Gasteiger partial charge in [-0.1, -0.05) is 30.3 Å². The average Bonchev–Trinajstić information content (AvgIpc) is 2.78. The van der Waals surface area contributed by atoms with E-state index in [4.69, 9.17) is 5.11 Å². The summed E-state index contributed by atoms with van der Waals surface area (Å²) in [5, 5.41) is 21.6. The van der Waals surface area contributed by atoms with Crippen molar-refractivity contribution in [1.29, 1.82) is 0 Å². The third-order valence-electron chi connectivity index (χ3n) is 1.98. The number of hydrogen-bond acceptors (Lipinski definition) is 5. The molecule has 1 atom stereocenters. The van der Waals surface area contributed by atoms with E-state index < -0.39 is 17.9 Å². The van der Waals surface area contributed by atoms with E-state index in [0.29, 0.717) is 5.56 Å². The van der Waals surface area contributed by atoms with Gasteiger partial charge in [-0.25, -0.2) is 4.79 Å². The molecule has 0 aliphatic heterocycles. The highest BCUT2D eigenvalue weighted by Gasteiger charge is 2.20. The summed E-state index contributed by atoms with van der Waals surface area (Å²) >= 11 is 0. The molecule has 2 rings (SSSR count). The highest BCUT2D eigenvalue weighted by Crippen LogP contribution is 2.19. The number of aromatic carboxylic acids is 1. The lowest BCUT2D eigenvalue weighted by molar-refractivity contribution is 0.0680. The number of carboxylic acid groups (broad SMARTS) is 1. The van der Waals surface area contributed by atoms with Gasteiger partial charge in [0.25, 0.3) is 11.7 Å². The lowest BCUT2D eigenvalue weighted by Gasteiger charge is -2.04. The van der Waals surface area contributed by atoms with E-state index >= 15 is 0 Å². The van der Waals surface area contributed by atoms with Gasteiger partial charge < -0.3 is 14.7 Å². The third-order valence-corrected chi connectivity index (χ3v) is 1.98. The summed E-state index contributed by atoms with van der Waals surface area (Å²) in [5.41, 5.74) is 0.558. The van der Waals surface area contributed by atoms with Crippen molar-refractivity contribution in [3.63, 3.8) is 0 Å². The maximum atomic E-state index is 10.5. The number of rotatable bonds is 3. The minimum Gasteiger partial charge on any atom is -0.475 e. The van der Waals surface area contributed by atoms with E-state index in [9.17, 15) is 9.90 Å². The highest BCUT2D eigenvalue weighted by atomic mass is 16.5. The van der Waals surface area contributed by atoms with Crippen molar-refractivity contribution < 1.29 is 19.5 Å². The van der Waals surface area contributed by atoms with E-state index in [0.717, 1.165) is 0 Å². The van der Waals surface area contributed by atoms with Crippen molar-refractivity contribution in [2.75, 3.05) is 0 Å². The van der Waals surface area contributed by atoms with Gasteiger partial charge in [0.2, 0.25) is 0 Å². The van der Waals surface area contributed by atoms with Crippen molar-refractivity contribution >= 4 is 5.97 Å². The van der Waals surface area contributed by atoms with E-state index in [2.05, 4.69) is 14.7 Å². The number of aliphatic hydroxyl groups is 1. The van der Waals surface area contributed by atoms with Crippen LogP contribution < -0.4 is 0 Å². The Morgan fingerprint density at radius 1 is 1.31 bits per heavy atom.